The number of likely N-dealkylation sites (N-methyl/N-ethyl adjacent to an activating group) is 1. The first-order valence-electron chi connectivity index (χ1n) is 13.0. The fourth-order valence-electron chi connectivity index (χ4n) is 4.55. The summed E-state index contributed by atoms with van der Waals surface area (Å²) in [5, 5.41) is 7.17. The number of thioether (sulfide) groups is 1. The van der Waals surface area contributed by atoms with E-state index in [0.717, 1.165) is 6.07 Å². The minimum atomic E-state index is -0.706. The molecule has 1 aliphatic rings. The number of aromatic nitrogens is 2. The molecule has 0 fully saturated rings. The molecule has 11 heteroatoms. The second kappa shape index (κ2) is 12.0. The first-order chi connectivity index (χ1) is 18.9. The van der Waals surface area contributed by atoms with Crippen molar-refractivity contribution in [3.63, 3.8) is 0 Å². The first kappa shape index (κ1) is 29.5. The van der Waals surface area contributed by atoms with Crippen LogP contribution in [-0.2, 0) is 15.0 Å². The lowest BCUT2D eigenvalue weighted by molar-refractivity contribution is -0.122. The van der Waals surface area contributed by atoms with Gasteiger partial charge in [0.05, 0.1) is 29.5 Å². The highest BCUT2D eigenvalue weighted by Gasteiger charge is 2.40. The quantitative estimate of drug-likeness (QED) is 0.434. The van der Waals surface area contributed by atoms with E-state index >= 15 is 4.39 Å². The minimum absolute atomic E-state index is 0.00661. The maximum absolute atomic E-state index is 15.3. The standard InChI is InChI=1S/C29H35F2N5O3S/c1-29(2,3)27-25-26(21-12-7-18(30)15-22(21)31)40-17-24(38)35(16-23(37)32-13-14-34(4)5)28(25)36(33-27)19-8-10-20(39-6)11-9-19/h7-12,15,26H,13-14,16-17H2,1-6H3,(H,32,37)/t26-/m1/s1. The van der Waals surface area contributed by atoms with Crippen LogP contribution < -0.4 is 15.0 Å². The molecule has 3 aromatic rings. The molecule has 0 radical (unpaired) electrons. The molecule has 0 unspecified atom stereocenters. The van der Waals surface area contributed by atoms with Crippen LogP contribution in [0.2, 0.25) is 0 Å². The van der Waals surface area contributed by atoms with Crippen LogP contribution in [0.25, 0.3) is 5.69 Å². The number of ether oxygens (including phenoxy) is 1. The van der Waals surface area contributed by atoms with Crippen molar-refractivity contribution in [2.24, 2.45) is 0 Å². The highest BCUT2D eigenvalue weighted by molar-refractivity contribution is 8.00. The van der Waals surface area contributed by atoms with E-state index in [2.05, 4.69) is 5.32 Å². The maximum Gasteiger partial charge on any atom is 0.240 e. The summed E-state index contributed by atoms with van der Waals surface area (Å²) in [7, 11) is 5.38. The smallest absolute Gasteiger partial charge is 0.240 e. The van der Waals surface area contributed by atoms with Crippen molar-refractivity contribution in [2.75, 3.05) is 51.5 Å². The number of benzene rings is 2. The van der Waals surface area contributed by atoms with Gasteiger partial charge in [0.1, 0.15) is 29.7 Å². The third-order valence-corrected chi connectivity index (χ3v) is 7.78. The van der Waals surface area contributed by atoms with Gasteiger partial charge in [-0.05, 0) is 44.4 Å². The van der Waals surface area contributed by atoms with Gasteiger partial charge in [-0.2, -0.15) is 5.10 Å². The molecular formula is C29H35F2N5O3S. The molecule has 0 saturated carbocycles. The molecule has 8 nitrogen and oxygen atoms in total. The van der Waals surface area contributed by atoms with Crippen molar-refractivity contribution in [3.05, 3.63) is 70.9 Å². The second-order valence-corrected chi connectivity index (χ2v) is 12.0. The molecule has 1 atom stereocenters. The molecule has 1 aromatic heterocycles. The van der Waals surface area contributed by atoms with Gasteiger partial charge in [0.25, 0.3) is 0 Å². The summed E-state index contributed by atoms with van der Waals surface area (Å²) in [6.07, 6.45) is 0. The number of carbonyl (C=O) groups is 2. The average molecular weight is 572 g/mol. The lowest BCUT2D eigenvalue weighted by Crippen LogP contribution is -2.43. The van der Waals surface area contributed by atoms with Gasteiger partial charge in [-0.15, -0.1) is 11.8 Å². The lowest BCUT2D eigenvalue weighted by atomic mass is 9.87. The van der Waals surface area contributed by atoms with E-state index in [1.54, 1.807) is 23.9 Å². The Labute approximate surface area is 237 Å². The van der Waals surface area contributed by atoms with Crippen LogP contribution in [0.3, 0.4) is 0 Å². The molecule has 0 saturated heterocycles. The molecule has 1 N–H and O–H groups in total. The van der Waals surface area contributed by atoms with Gasteiger partial charge in [-0.1, -0.05) is 26.8 Å². The molecule has 2 heterocycles. The number of halogens is 2. The molecular weight excluding hydrogens is 536 g/mol. The Morgan fingerprint density at radius 1 is 1.18 bits per heavy atom. The Hall–Kier alpha value is -3.44. The molecule has 4 rings (SSSR count). The number of nitrogens with one attached hydrogen (secondary N) is 1. The number of carbonyl (C=O) groups excluding carboxylic acids is 2. The number of rotatable bonds is 8. The number of hydrogen-bond donors (Lipinski definition) is 1. The highest BCUT2D eigenvalue weighted by atomic mass is 32.2. The summed E-state index contributed by atoms with van der Waals surface area (Å²) in [5.41, 5.74) is 1.64. The Morgan fingerprint density at radius 2 is 1.88 bits per heavy atom. The third-order valence-electron chi connectivity index (χ3n) is 6.54. The summed E-state index contributed by atoms with van der Waals surface area (Å²) in [6, 6.07) is 10.7. The van der Waals surface area contributed by atoms with Crippen molar-refractivity contribution in [3.8, 4) is 11.4 Å². The van der Waals surface area contributed by atoms with E-state index in [-0.39, 0.29) is 29.7 Å². The van der Waals surface area contributed by atoms with Gasteiger partial charge in [0.15, 0.2) is 0 Å². The van der Waals surface area contributed by atoms with Gasteiger partial charge in [-0.25, -0.2) is 13.5 Å². The van der Waals surface area contributed by atoms with Crippen molar-refractivity contribution < 1.29 is 23.1 Å². The summed E-state index contributed by atoms with van der Waals surface area (Å²) < 4.78 is 36.1. The van der Waals surface area contributed by atoms with Gasteiger partial charge < -0.3 is 15.0 Å². The van der Waals surface area contributed by atoms with E-state index in [9.17, 15) is 14.0 Å². The minimum Gasteiger partial charge on any atom is -0.497 e. The van der Waals surface area contributed by atoms with E-state index in [0.29, 0.717) is 41.6 Å². The monoisotopic (exact) mass is 571 g/mol. The predicted molar refractivity (Wildman–Crippen MR) is 153 cm³/mol. The van der Waals surface area contributed by atoms with Crippen LogP contribution >= 0.6 is 11.8 Å². The number of hydrogen-bond acceptors (Lipinski definition) is 6. The molecule has 2 aromatic carbocycles. The van der Waals surface area contributed by atoms with Crippen LogP contribution in [0.15, 0.2) is 42.5 Å². The highest BCUT2D eigenvalue weighted by Crippen LogP contribution is 2.49. The van der Waals surface area contributed by atoms with Crippen LogP contribution in [-0.4, -0.2) is 73.1 Å². The van der Waals surface area contributed by atoms with E-state index < -0.39 is 22.3 Å². The summed E-state index contributed by atoms with van der Waals surface area (Å²) in [5.74, 6) is -0.992. The van der Waals surface area contributed by atoms with Crippen molar-refractivity contribution in [2.45, 2.75) is 31.4 Å². The normalized spacial score (nSPS) is 15.7. The molecule has 0 spiro atoms. The molecule has 0 aliphatic carbocycles. The Morgan fingerprint density at radius 3 is 2.48 bits per heavy atom. The second-order valence-electron chi connectivity index (χ2n) is 10.9. The van der Waals surface area contributed by atoms with Crippen LogP contribution in [0.4, 0.5) is 14.6 Å². The number of fused-ring (bicyclic) bond motifs is 1. The molecule has 0 bridgehead atoms. The largest absolute Gasteiger partial charge is 0.497 e. The Bertz CT molecular complexity index is 1390. The van der Waals surface area contributed by atoms with Crippen LogP contribution in [0.1, 0.15) is 42.8 Å². The molecule has 1 aliphatic heterocycles. The van der Waals surface area contributed by atoms with Gasteiger partial charge >= 0.3 is 0 Å². The van der Waals surface area contributed by atoms with Crippen molar-refractivity contribution in [1.29, 1.82) is 0 Å². The van der Waals surface area contributed by atoms with E-state index in [4.69, 9.17) is 9.84 Å². The number of anilines is 1. The summed E-state index contributed by atoms with van der Waals surface area (Å²) >= 11 is 1.24. The topological polar surface area (TPSA) is 79.7 Å². The van der Waals surface area contributed by atoms with Crippen LogP contribution in [0, 0.1) is 11.6 Å². The molecule has 40 heavy (non-hydrogen) atoms. The van der Waals surface area contributed by atoms with Crippen LogP contribution in [0.5, 0.6) is 5.75 Å². The van der Waals surface area contributed by atoms with Gasteiger partial charge in [0, 0.05) is 35.7 Å². The SMILES string of the molecule is COc1ccc(-n2nc(C(C)(C)C)c3c2N(CC(=O)NCCN(C)C)C(=O)CS[C@@H]3c2ccc(F)cc2F)cc1. The first-order valence-corrected chi connectivity index (χ1v) is 14.0. The zero-order chi connectivity index (χ0) is 29.2. The number of nitrogens with zero attached hydrogens (tertiary/aromatic N) is 4. The van der Waals surface area contributed by atoms with E-state index in [1.807, 2.05) is 51.9 Å². The zero-order valence-electron chi connectivity index (χ0n) is 23.6. The molecule has 2 amide bonds. The van der Waals surface area contributed by atoms with Gasteiger partial charge in [0.2, 0.25) is 11.8 Å². The summed E-state index contributed by atoms with van der Waals surface area (Å²) in [6.45, 7) is 6.80. The number of methoxy groups -OCH3 is 1. The number of amides is 2. The summed E-state index contributed by atoms with van der Waals surface area (Å²) in [4.78, 5) is 30.1. The fourth-order valence-corrected chi connectivity index (χ4v) is 5.77. The average Bonchev–Trinajstić information content (AvgIpc) is 3.23. The zero-order valence-corrected chi connectivity index (χ0v) is 24.4. The van der Waals surface area contributed by atoms with Crippen molar-refractivity contribution in [1.82, 2.24) is 20.0 Å². The Balaban J connectivity index is 1.94. The lowest BCUT2D eigenvalue weighted by Gasteiger charge is -2.25. The van der Waals surface area contributed by atoms with Crippen molar-refractivity contribution >= 4 is 29.4 Å². The Kier molecular flexibility index (Phi) is 8.84. The van der Waals surface area contributed by atoms with Gasteiger partial charge in [-0.3, -0.25) is 14.5 Å². The fraction of sp³-hybridized carbons (Fsp3) is 0.414. The molecule has 214 valence electrons. The predicted octanol–water partition coefficient (Wildman–Crippen LogP) is 4.30. The maximum atomic E-state index is 15.3. The van der Waals surface area contributed by atoms with E-state index in [1.165, 1.54) is 28.8 Å². The third kappa shape index (κ3) is 6.31.